The smallest absolute Gasteiger partial charge is 0.416 e. The van der Waals surface area contributed by atoms with Crippen molar-refractivity contribution in [3.8, 4) is 0 Å². The second kappa shape index (κ2) is 4.03. The van der Waals surface area contributed by atoms with E-state index in [1.807, 2.05) is 0 Å². The Morgan fingerprint density at radius 2 is 1.62 bits per heavy atom. The Bertz CT molecular complexity index is 730. The number of rotatable bonds is 0. The number of ether oxygens (including phenoxy) is 1. The Morgan fingerprint density at radius 1 is 1.00 bits per heavy atom. The van der Waals surface area contributed by atoms with Crippen LogP contribution in [0.2, 0.25) is 0 Å². The van der Waals surface area contributed by atoms with Crippen LogP contribution < -0.4 is 0 Å². The van der Waals surface area contributed by atoms with Crippen LogP contribution in [0.5, 0.6) is 0 Å². The van der Waals surface area contributed by atoms with Gasteiger partial charge in [-0.2, -0.15) is 17.6 Å². The fraction of sp³-hybridized carbons (Fsp3) is 0.143. The lowest BCUT2D eigenvalue weighted by Crippen LogP contribution is -2.45. The molecule has 1 aliphatic heterocycles. The Labute approximate surface area is 115 Å². The first-order chi connectivity index (χ1) is 9.73. The molecule has 21 heavy (non-hydrogen) atoms. The van der Waals surface area contributed by atoms with Crippen molar-refractivity contribution in [1.82, 2.24) is 0 Å². The lowest BCUT2D eigenvalue weighted by molar-refractivity contribution is -0.140. The largest absolute Gasteiger partial charge is 0.419 e. The van der Waals surface area contributed by atoms with Crippen molar-refractivity contribution in [3.05, 3.63) is 53.1 Å². The van der Waals surface area contributed by atoms with Gasteiger partial charge < -0.3 is 4.74 Å². The average Bonchev–Trinajstić information content (AvgIpc) is 2.39. The standard InChI is InChI=1S/C14H6F4O3/c15-13-10(5-7(19)6-11(13)14(16,17)18)8-3-1-2-4-9(8)12(20)21-13/h1-6H. The molecule has 1 aromatic rings. The number of carbonyl (C=O) groups excluding carboxylic acids is 2. The van der Waals surface area contributed by atoms with Gasteiger partial charge >= 0.3 is 18.0 Å². The van der Waals surface area contributed by atoms with E-state index in [2.05, 4.69) is 4.74 Å². The number of allylic oxidation sites excluding steroid dienone is 2. The predicted octanol–water partition coefficient (Wildman–Crippen LogP) is 2.98. The zero-order chi connectivity index (χ0) is 15.4. The topological polar surface area (TPSA) is 43.4 Å². The van der Waals surface area contributed by atoms with E-state index in [4.69, 9.17) is 0 Å². The lowest BCUT2D eigenvalue weighted by Gasteiger charge is -2.36. The summed E-state index contributed by atoms with van der Waals surface area (Å²) >= 11 is 0. The maximum absolute atomic E-state index is 14.8. The van der Waals surface area contributed by atoms with Crippen molar-refractivity contribution in [3.63, 3.8) is 0 Å². The zero-order valence-electron chi connectivity index (χ0n) is 10.2. The number of ketones is 1. The monoisotopic (exact) mass is 298 g/mol. The third-order valence-electron chi connectivity index (χ3n) is 3.24. The molecule has 0 aromatic heterocycles. The first-order valence-corrected chi connectivity index (χ1v) is 5.80. The minimum Gasteiger partial charge on any atom is -0.416 e. The molecule has 1 unspecified atom stereocenters. The summed E-state index contributed by atoms with van der Waals surface area (Å²) in [6, 6.07) is 5.43. The highest BCUT2D eigenvalue weighted by Gasteiger charge is 2.58. The first kappa shape index (κ1) is 13.5. The van der Waals surface area contributed by atoms with Crippen molar-refractivity contribution < 1.29 is 31.9 Å². The van der Waals surface area contributed by atoms with Gasteiger partial charge in [0.25, 0.3) is 0 Å². The van der Waals surface area contributed by atoms with Crippen molar-refractivity contribution in [2.45, 2.75) is 12.0 Å². The highest BCUT2D eigenvalue weighted by Crippen LogP contribution is 2.50. The molecule has 0 bridgehead atoms. The second-order valence-corrected chi connectivity index (χ2v) is 4.55. The fourth-order valence-corrected chi connectivity index (χ4v) is 2.36. The van der Waals surface area contributed by atoms with Crippen LogP contribution in [0.4, 0.5) is 17.6 Å². The molecule has 1 atom stereocenters. The summed E-state index contributed by atoms with van der Waals surface area (Å²) in [5.74, 6) is -5.73. The van der Waals surface area contributed by atoms with Crippen LogP contribution >= 0.6 is 0 Å². The molecular formula is C14H6F4O3. The maximum Gasteiger partial charge on any atom is 0.419 e. The molecule has 3 rings (SSSR count). The van der Waals surface area contributed by atoms with Crippen LogP contribution in [0.1, 0.15) is 15.9 Å². The van der Waals surface area contributed by atoms with Crippen LogP contribution in [0.3, 0.4) is 0 Å². The average molecular weight is 298 g/mol. The molecule has 3 nitrogen and oxygen atoms in total. The Morgan fingerprint density at radius 3 is 2.24 bits per heavy atom. The number of alkyl halides is 4. The molecule has 1 aromatic carbocycles. The Balaban J connectivity index is 2.28. The van der Waals surface area contributed by atoms with E-state index >= 15 is 0 Å². The summed E-state index contributed by atoms with van der Waals surface area (Å²) in [6.45, 7) is 0. The molecule has 7 heteroatoms. The van der Waals surface area contributed by atoms with Gasteiger partial charge in [0.1, 0.15) is 5.57 Å². The third kappa shape index (κ3) is 1.88. The van der Waals surface area contributed by atoms with Crippen LogP contribution in [-0.2, 0) is 9.53 Å². The van der Waals surface area contributed by atoms with E-state index in [9.17, 15) is 27.2 Å². The molecule has 1 aliphatic carbocycles. The van der Waals surface area contributed by atoms with E-state index in [0.29, 0.717) is 6.08 Å². The highest BCUT2D eigenvalue weighted by molar-refractivity contribution is 6.12. The number of hydrogen-bond donors (Lipinski definition) is 0. The van der Waals surface area contributed by atoms with Crippen LogP contribution in [-0.4, -0.2) is 23.8 Å². The van der Waals surface area contributed by atoms with E-state index in [-0.39, 0.29) is 17.2 Å². The Kier molecular flexibility index (Phi) is 2.60. The van der Waals surface area contributed by atoms with Crippen molar-refractivity contribution in [1.29, 1.82) is 0 Å². The molecule has 108 valence electrons. The second-order valence-electron chi connectivity index (χ2n) is 4.55. The number of hydrogen-bond acceptors (Lipinski definition) is 3. The van der Waals surface area contributed by atoms with Crippen LogP contribution in [0.15, 0.2) is 42.0 Å². The molecule has 0 fully saturated rings. The first-order valence-electron chi connectivity index (χ1n) is 5.80. The molecular weight excluding hydrogens is 292 g/mol. The van der Waals surface area contributed by atoms with Gasteiger partial charge in [0, 0.05) is 11.6 Å². The number of halogens is 4. The van der Waals surface area contributed by atoms with E-state index in [0.717, 1.165) is 0 Å². The third-order valence-corrected chi connectivity index (χ3v) is 3.24. The van der Waals surface area contributed by atoms with Gasteiger partial charge in [-0.15, -0.1) is 0 Å². The molecule has 2 aliphatic rings. The van der Waals surface area contributed by atoms with Gasteiger partial charge in [-0.05, 0) is 17.7 Å². The molecule has 0 spiro atoms. The number of esters is 1. The fourth-order valence-electron chi connectivity index (χ4n) is 2.36. The van der Waals surface area contributed by atoms with Crippen molar-refractivity contribution >= 4 is 17.3 Å². The molecule has 0 radical (unpaired) electrons. The summed E-state index contributed by atoms with van der Waals surface area (Å²) in [5, 5.41) is 0. The van der Waals surface area contributed by atoms with Gasteiger partial charge in [0.2, 0.25) is 0 Å². The van der Waals surface area contributed by atoms with E-state index < -0.39 is 34.9 Å². The number of fused-ring (bicyclic) bond motifs is 3. The molecule has 0 amide bonds. The normalized spacial score (nSPS) is 24.6. The van der Waals surface area contributed by atoms with Crippen LogP contribution in [0, 0.1) is 0 Å². The van der Waals surface area contributed by atoms with Gasteiger partial charge in [0.15, 0.2) is 5.78 Å². The van der Waals surface area contributed by atoms with Crippen molar-refractivity contribution in [2.24, 2.45) is 0 Å². The number of benzene rings is 1. The minimum atomic E-state index is -5.14. The minimum absolute atomic E-state index is 0.0838. The van der Waals surface area contributed by atoms with E-state index in [1.165, 1.54) is 24.3 Å². The van der Waals surface area contributed by atoms with Crippen molar-refractivity contribution in [2.75, 3.05) is 0 Å². The molecule has 0 saturated heterocycles. The molecule has 0 N–H and O–H groups in total. The lowest BCUT2D eigenvalue weighted by atomic mass is 9.83. The maximum atomic E-state index is 14.8. The van der Waals surface area contributed by atoms with E-state index in [1.54, 1.807) is 0 Å². The van der Waals surface area contributed by atoms with Gasteiger partial charge in [-0.3, -0.25) is 4.79 Å². The summed E-state index contributed by atoms with van der Waals surface area (Å²) < 4.78 is 58.1. The summed E-state index contributed by atoms with van der Waals surface area (Å²) in [4.78, 5) is 23.2. The predicted molar refractivity (Wildman–Crippen MR) is 62.8 cm³/mol. The van der Waals surface area contributed by atoms with Crippen LogP contribution in [0.25, 0.3) is 5.57 Å². The van der Waals surface area contributed by atoms with Gasteiger partial charge in [0.05, 0.1) is 5.56 Å². The van der Waals surface area contributed by atoms with Gasteiger partial charge in [-0.25, -0.2) is 4.79 Å². The van der Waals surface area contributed by atoms with Gasteiger partial charge in [-0.1, -0.05) is 18.2 Å². The molecule has 0 saturated carbocycles. The molecule has 1 heterocycles. The zero-order valence-corrected chi connectivity index (χ0v) is 10.2. The SMILES string of the molecule is O=C1C=C2c3ccccc3C(=O)OC2(F)C(C(F)(F)F)=C1. The number of carbonyl (C=O) groups is 2. The Hall–Kier alpha value is -2.44. The quantitative estimate of drug-likeness (QED) is 0.546. The summed E-state index contributed by atoms with van der Waals surface area (Å²) in [7, 11) is 0. The summed E-state index contributed by atoms with van der Waals surface area (Å²) in [6.07, 6.45) is -4.33. The summed E-state index contributed by atoms with van der Waals surface area (Å²) in [5.41, 5.74) is -2.62. The highest BCUT2D eigenvalue weighted by atomic mass is 19.4.